The Kier molecular flexibility index (Phi) is 5.97. The van der Waals surface area contributed by atoms with Crippen LogP contribution in [0.5, 0.6) is 0 Å². The van der Waals surface area contributed by atoms with E-state index in [0.29, 0.717) is 19.0 Å². The Labute approximate surface area is 155 Å². The summed E-state index contributed by atoms with van der Waals surface area (Å²) < 4.78 is 0. The molecule has 5 N–H and O–H groups in total. The Hall–Kier alpha value is -3.01. The smallest absolute Gasteiger partial charge is 0.329 e. The van der Waals surface area contributed by atoms with Crippen LogP contribution in [0.25, 0.3) is 0 Å². The lowest BCUT2D eigenvalue weighted by Crippen LogP contribution is -2.29. The Bertz CT molecular complexity index is 846. The fourth-order valence-corrected chi connectivity index (χ4v) is 3.14. The molecular formula is C17H23N7O3. The van der Waals surface area contributed by atoms with Crippen molar-refractivity contribution in [3.05, 3.63) is 50.6 Å². The molecule has 10 nitrogen and oxygen atoms in total. The normalized spacial score (nSPS) is 19.4. The number of nitrogens with zero attached hydrogens (tertiary/aromatic N) is 3. The summed E-state index contributed by atoms with van der Waals surface area (Å²) in [6.45, 7) is 0.944. The highest BCUT2D eigenvalue weighted by Gasteiger charge is 2.21. The second-order valence-electron chi connectivity index (χ2n) is 6.76. The largest absolute Gasteiger partial charge is 0.364 e. The van der Waals surface area contributed by atoms with Crippen LogP contribution in [0.1, 0.15) is 31.2 Å². The summed E-state index contributed by atoms with van der Waals surface area (Å²) in [5.41, 5.74) is 6.31. The minimum absolute atomic E-state index is 0.163. The van der Waals surface area contributed by atoms with Crippen LogP contribution in [-0.2, 0) is 6.54 Å². The minimum atomic E-state index is -0.500. The number of nitrogens with one attached hydrogen (secondary N) is 3. The van der Waals surface area contributed by atoms with Crippen LogP contribution in [0, 0.1) is 16.0 Å². The zero-order chi connectivity index (χ0) is 19.2. The summed E-state index contributed by atoms with van der Waals surface area (Å²) in [6, 6.07) is 3.48. The fourth-order valence-electron chi connectivity index (χ4n) is 3.14. The molecule has 144 valence electrons. The van der Waals surface area contributed by atoms with Gasteiger partial charge in [0.15, 0.2) is 0 Å². The first kappa shape index (κ1) is 18.8. The van der Waals surface area contributed by atoms with Crippen LogP contribution in [0.2, 0.25) is 0 Å². The number of rotatable bonds is 7. The van der Waals surface area contributed by atoms with Crippen molar-refractivity contribution in [2.24, 2.45) is 11.7 Å². The Morgan fingerprint density at radius 3 is 2.78 bits per heavy atom. The molecule has 0 aromatic carbocycles. The zero-order valence-electron chi connectivity index (χ0n) is 14.9. The van der Waals surface area contributed by atoms with Crippen molar-refractivity contribution in [2.75, 3.05) is 17.2 Å². The first-order chi connectivity index (χ1) is 13.0. The molecule has 27 heavy (non-hydrogen) atoms. The molecule has 1 aliphatic rings. The molecule has 0 unspecified atom stereocenters. The van der Waals surface area contributed by atoms with Crippen LogP contribution < -0.4 is 21.9 Å². The molecule has 0 saturated heterocycles. The summed E-state index contributed by atoms with van der Waals surface area (Å²) in [5, 5.41) is 17.3. The maximum absolute atomic E-state index is 11.3. The van der Waals surface area contributed by atoms with Crippen molar-refractivity contribution in [3.8, 4) is 0 Å². The maximum Gasteiger partial charge on any atom is 0.329 e. The van der Waals surface area contributed by atoms with Gasteiger partial charge >= 0.3 is 5.69 Å². The second-order valence-corrected chi connectivity index (χ2v) is 6.76. The topological polar surface area (TPSA) is 152 Å². The molecule has 10 heteroatoms. The number of aromatic amines is 1. The van der Waals surface area contributed by atoms with E-state index in [1.807, 2.05) is 0 Å². The number of nitrogens with two attached hydrogens (primary N) is 1. The molecule has 0 atom stereocenters. The van der Waals surface area contributed by atoms with Crippen molar-refractivity contribution >= 4 is 17.5 Å². The summed E-state index contributed by atoms with van der Waals surface area (Å²) in [6.07, 6.45) is 6.69. The number of nitro groups is 1. The lowest BCUT2D eigenvalue weighted by Gasteiger charge is -2.26. The van der Waals surface area contributed by atoms with E-state index >= 15 is 0 Å². The van der Waals surface area contributed by atoms with Crippen molar-refractivity contribution in [1.29, 1.82) is 0 Å². The van der Waals surface area contributed by atoms with Crippen LogP contribution in [0.15, 0.2) is 29.3 Å². The van der Waals surface area contributed by atoms with Crippen LogP contribution >= 0.6 is 0 Å². The Morgan fingerprint density at radius 1 is 1.30 bits per heavy atom. The third kappa shape index (κ3) is 5.23. The monoisotopic (exact) mass is 373 g/mol. The lowest BCUT2D eigenvalue weighted by molar-refractivity contribution is -0.384. The SMILES string of the molecule is N[C@H]1CC[C@H](CNc2nc(NCc3cc[nH]c(=O)c3)ncc2[N+](=O)[O-])CC1. The van der Waals surface area contributed by atoms with Gasteiger partial charge in [0.05, 0.1) is 4.92 Å². The van der Waals surface area contributed by atoms with Crippen LogP contribution in [0.3, 0.4) is 0 Å². The molecule has 0 bridgehead atoms. The molecule has 3 rings (SSSR count). The predicted octanol–water partition coefficient (Wildman–Crippen LogP) is 1.61. The molecule has 1 aliphatic carbocycles. The molecule has 0 aliphatic heterocycles. The number of aromatic nitrogens is 3. The van der Waals surface area contributed by atoms with Gasteiger partial charge in [0, 0.05) is 31.4 Å². The van der Waals surface area contributed by atoms with Gasteiger partial charge in [-0.05, 0) is 43.2 Å². The van der Waals surface area contributed by atoms with Gasteiger partial charge in [-0.15, -0.1) is 0 Å². The van der Waals surface area contributed by atoms with E-state index in [9.17, 15) is 14.9 Å². The quantitative estimate of drug-likeness (QED) is 0.422. The number of hydrogen-bond acceptors (Lipinski definition) is 8. The molecular weight excluding hydrogens is 350 g/mol. The average molecular weight is 373 g/mol. The Balaban J connectivity index is 1.66. The molecule has 0 spiro atoms. The lowest BCUT2D eigenvalue weighted by atomic mass is 9.86. The third-order valence-corrected chi connectivity index (χ3v) is 4.71. The van der Waals surface area contributed by atoms with Gasteiger partial charge < -0.3 is 21.4 Å². The van der Waals surface area contributed by atoms with Crippen LogP contribution in [0.4, 0.5) is 17.5 Å². The van der Waals surface area contributed by atoms with Gasteiger partial charge in [-0.2, -0.15) is 4.98 Å². The molecule has 2 aromatic heterocycles. The van der Waals surface area contributed by atoms with E-state index in [4.69, 9.17) is 5.73 Å². The van der Waals surface area contributed by atoms with Gasteiger partial charge in [-0.1, -0.05) is 0 Å². The fraction of sp³-hybridized carbons (Fsp3) is 0.471. The second kappa shape index (κ2) is 8.58. The molecule has 0 amide bonds. The zero-order valence-corrected chi connectivity index (χ0v) is 14.9. The maximum atomic E-state index is 11.3. The average Bonchev–Trinajstić information content (AvgIpc) is 2.66. The van der Waals surface area contributed by atoms with Crippen LogP contribution in [-0.4, -0.2) is 32.5 Å². The number of hydrogen-bond donors (Lipinski definition) is 4. The first-order valence-corrected chi connectivity index (χ1v) is 8.93. The Morgan fingerprint density at radius 2 is 2.07 bits per heavy atom. The van der Waals surface area contributed by atoms with E-state index in [-0.39, 0.29) is 29.1 Å². The highest BCUT2D eigenvalue weighted by molar-refractivity contribution is 5.57. The van der Waals surface area contributed by atoms with Crippen molar-refractivity contribution < 1.29 is 4.92 Å². The third-order valence-electron chi connectivity index (χ3n) is 4.71. The number of pyridine rings is 1. The van der Waals surface area contributed by atoms with Gasteiger partial charge in [0.1, 0.15) is 6.20 Å². The number of anilines is 2. The first-order valence-electron chi connectivity index (χ1n) is 8.93. The van der Waals surface area contributed by atoms with E-state index < -0.39 is 4.92 Å². The van der Waals surface area contributed by atoms with E-state index in [0.717, 1.165) is 31.2 Å². The number of H-pyrrole nitrogens is 1. The van der Waals surface area contributed by atoms with Gasteiger partial charge in [-0.25, -0.2) is 4.98 Å². The van der Waals surface area contributed by atoms with Gasteiger partial charge in [0.2, 0.25) is 17.3 Å². The molecule has 0 radical (unpaired) electrons. The molecule has 2 heterocycles. The van der Waals surface area contributed by atoms with Crippen molar-refractivity contribution in [2.45, 2.75) is 38.3 Å². The van der Waals surface area contributed by atoms with E-state index in [2.05, 4.69) is 25.6 Å². The highest BCUT2D eigenvalue weighted by Crippen LogP contribution is 2.26. The van der Waals surface area contributed by atoms with Gasteiger partial charge in [-0.3, -0.25) is 14.9 Å². The van der Waals surface area contributed by atoms with E-state index in [1.165, 1.54) is 12.3 Å². The van der Waals surface area contributed by atoms with Crippen molar-refractivity contribution in [1.82, 2.24) is 15.0 Å². The molecule has 1 fully saturated rings. The summed E-state index contributed by atoms with van der Waals surface area (Å²) in [7, 11) is 0. The minimum Gasteiger partial charge on any atom is -0.364 e. The summed E-state index contributed by atoms with van der Waals surface area (Å²) >= 11 is 0. The van der Waals surface area contributed by atoms with Crippen molar-refractivity contribution in [3.63, 3.8) is 0 Å². The van der Waals surface area contributed by atoms with E-state index in [1.54, 1.807) is 12.3 Å². The standard InChI is InChI=1S/C17H23N7O3/c18-13-3-1-11(2-4-13)8-20-16-14(24(26)27)10-22-17(23-16)21-9-12-5-6-19-15(25)7-12/h5-7,10-11,13H,1-4,8-9,18H2,(H,19,25)(H2,20,21,22,23)/t11-,13-. The van der Waals surface area contributed by atoms with Gasteiger partial charge in [0.25, 0.3) is 0 Å². The summed E-state index contributed by atoms with van der Waals surface area (Å²) in [4.78, 5) is 32.9. The molecule has 1 saturated carbocycles. The molecule has 2 aromatic rings. The summed E-state index contributed by atoms with van der Waals surface area (Å²) in [5.74, 6) is 0.874. The predicted molar refractivity (Wildman–Crippen MR) is 101 cm³/mol. The highest BCUT2D eigenvalue weighted by atomic mass is 16.6.